The van der Waals surface area contributed by atoms with Gasteiger partial charge in [-0.3, -0.25) is 4.90 Å². The van der Waals surface area contributed by atoms with E-state index in [1.165, 1.54) is 43.2 Å². The molecular formula is C16H23NO. The minimum atomic E-state index is -0.107. The molecule has 1 saturated carbocycles. The fourth-order valence-electron chi connectivity index (χ4n) is 3.53. The van der Waals surface area contributed by atoms with Gasteiger partial charge in [0.05, 0.1) is 6.10 Å². The summed E-state index contributed by atoms with van der Waals surface area (Å²) in [5, 5.41) is 10.2. The van der Waals surface area contributed by atoms with Crippen molar-refractivity contribution in [1.82, 2.24) is 4.90 Å². The summed E-state index contributed by atoms with van der Waals surface area (Å²) < 4.78 is 0. The van der Waals surface area contributed by atoms with Crippen LogP contribution in [-0.4, -0.2) is 28.7 Å². The third-order valence-corrected chi connectivity index (χ3v) is 4.55. The van der Waals surface area contributed by atoms with Crippen molar-refractivity contribution >= 4 is 0 Å². The lowest BCUT2D eigenvalue weighted by atomic mass is 9.91. The fraction of sp³-hybridized carbons (Fsp3) is 0.625. The van der Waals surface area contributed by atoms with Gasteiger partial charge >= 0.3 is 0 Å². The Balaban J connectivity index is 1.78. The zero-order chi connectivity index (χ0) is 12.4. The Morgan fingerprint density at radius 2 is 1.78 bits per heavy atom. The molecule has 2 aliphatic rings. The lowest BCUT2D eigenvalue weighted by Gasteiger charge is -2.37. The molecule has 0 unspecified atom stereocenters. The third-order valence-electron chi connectivity index (χ3n) is 4.55. The molecule has 1 N–H and O–H groups in total. The van der Waals surface area contributed by atoms with Gasteiger partial charge in [-0.05, 0) is 43.4 Å². The summed E-state index contributed by atoms with van der Waals surface area (Å²) in [4.78, 5) is 2.52. The minimum absolute atomic E-state index is 0.107. The fourth-order valence-corrected chi connectivity index (χ4v) is 3.53. The van der Waals surface area contributed by atoms with E-state index in [4.69, 9.17) is 0 Å². The first-order valence-corrected chi connectivity index (χ1v) is 7.33. The van der Waals surface area contributed by atoms with Crippen molar-refractivity contribution in [3.8, 4) is 0 Å². The number of aliphatic hydroxyl groups excluding tert-OH is 1. The average molecular weight is 245 g/mol. The van der Waals surface area contributed by atoms with Gasteiger partial charge in [-0.1, -0.05) is 37.1 Å². The van der Waals surface area contributed by atoms with Crippen LogP contribution in [0.4, 0.5) is 0 Å². The maximum atomic E-state index is 10.2. The van der Waals surface area contributed by atoms with E-state index in [-0.39, 0.29) is 6.10 Å². The van der Waals surface area contributed by atoms with Crippen LogP contribution in [0.25, 0.3) is 0 Å². The highest BCUT2D eigenvalue weighted by Crippen LogP contribution is 2.27. The van der Waals surface area contributed by atoms with E-state index in [0.717, 1.165) is 19.5 Å². The number of aryl methyl sites for hydroxylation is 1. The number of nitrogens with zero attached hydrogens (tertiary/aromatic N) is 1. The van der Waals surface area contributed by atoms with E-state index < -0.39 is 0 Å². The normalized spacial score (nSPS) is 29.6. The first-order chi connectivity index (χ1) is 8.84. The van der Waals surface area contributed by atoms with Gasteiger partial charge in [0.25, 0.3) is 0 Å². The zero-order valence-electron chi connectivity index (χ0n) is 11.0. The summed E-state index contributed by atoms with van der Waals surface area (Å²) in [5.41, 5.74) is 2.97. The molecule has 2 nitrogen and oxygen atoms in total. The van der Waals surface area contributed by atoms with Crippen LogP contribution in [0.5, 0.6) is 0 Å². The Labute approximate surface area is 110 Å². The maximum absolute atomic E-state index is 10.2. The molecule has 0 saturated heterocycles. The Morgan fingerprint density at radius 1 is 1.00 bits per heavy atom. The molecule has 1 aromatic rings. The number of fused-ring (bicyclic) bond motifs is 1. The van der Waals surface area contributed by atoms with Crippen molar-refractivity contribution in [2.45, 2.75) is 57.2 Å². The molecule has 18 heavy (non-hydrogen) atoms. The quantitative estimate of drug-likeness (QED) is 0.822. The molecule has 0 radical (unpaired) electrons. The second-order valence-corrected chi connectivity index (χ2v) is 5.76. The molecule has 98 valence electrons. The van der Waals surface area contributed by atoms with E-state index in [1.54, 1.807) is 0 Å². The zero-order valence-corrected chi connectivity index (χ0v) is 11.0. The van der Waals surface area contributed by atoms with E-state index in [9.17, 15) is 5.11 Å². The minimum Gasteiger partial charge on any atom is -0.391 e. The Bertz CT molecular complexity index is 404. The Kier molecular flexibility index (Phi) is 3.67. The molecule has 1 aliphatic carbocycles. The molecule has 0 bridgehead atoms. The van der Waals surface area contributed by atoms with Gasteiger partial charge in [-0.25, -0.2) is 0 Å². The second kappa shape index (κ2) is 5.41. The molecule has 0 aromatic heterocycles. The molecular weight excluding hydrogens is 222 g/mol. The second-order valence-electron chi connectivity index (χ2n) is 5.76. The standard InChI is InChI=1S/C16H23NO/c18-16-10-4-3-9-15(16)17-11-5-8-13-6-1-2-7-14(13)12-17/h1-2,6-7,15-16,18H,3-5,8-12H2/t15-,16-/m1/s1. The molecule has 1 aromatic carbocycles. The highest BCUT2D eigenvalue weighted by Gasteiger charge is 2.29. The van der Waals surface area contributed by atoms with Crippen molar-refractivity contribution in [2.24, 2.45) is 0 Å². The van der Waals surface area contributed by atoms with Crippen LogP contribution >= 0.6 is 0 Å². The summed E-state index contributed by atoms with van der Waals surface area (Å²) in [5.74, 6) is 0. The number of rotatable bonds is 1. The smallest absolute Gasteiger partial charge is 0.0695 e. The number of aliphatic hydroxyl groups is 1. The predicted molar refractivity (Wildman–Crippen MR) is 73.4 cm³/mol. The number of hydrogen-bond acceptors (Lipinski definition) is 2. The van der Waals surface area contributed by atoms with Crippen LogP contribution in [-0.2, 0) is 13.0 Å². The van der Waals surface area contributed by atoms with Gasteiger partial charge in [0.15, 0.2) is 0 Å². The van der Waals surface area contributed by atoms with Crippen LogP contribution < -0.4 is 0 Å². The first kappa shape index (κ1) is 12.2. The molecule has 0 spiro atoms. The largest absolute Gasteiger partial charge is 0.391 e. The summed E-state index contributed by atoms with van der Waals surface area (Å²) in [6.45, 7) is 2.16. The molecule has 1 aliphatic heterocycles. The highest BCUT2D eigenvalue weighted by molar-refractivity contribution is 5.28. The van der Waals surface area contributed by atoms with Crippen molar-refractivity contribution in [1.29, 1.82) is 0 Å². The van der Waals surface area contributed by atoms with Crippen LogP contribution in [0, 0.1) is 0 Å². The summed E-state index contributed by atoms with van der Waals surface area (Å²) in [6, 6.07) is 9.19. The van der Waals surface area contributed by atoms with E-state index >= 15 is 0 Å². The Morgan fingerprint density at radius 3 is 2.61 bits per heavy atom. The van der Waals surface area contributed by atoms with Crippen molar-refractivity contribution in [3.05, 3.63) is 35.4 Å². The summed E-state index contributed by atoms with van der Waals surface area (Å²) in [6.07, 6.45) is 6.94. The molecule has 3 rings (SSSR count). The Hall–Kier alpha value is -0.860. The van der Waals surface area contributed by atoms with Gasteiger partial charge in [-0.15, -0.1) is 0 Å². The number of hydrogen-bond donors (Lipinski definition) is 1. The first-order valence-electron chi connectivity index (χ1n) is 7.33. The van der Waals surface area contributed by atoms with Crippen LogP contribution in [0.2, 0.25) is 0 Å². The van der Waals surface area contributed by atoms with E-state index in [2.05, 4.69) is 29.2 Å². The molecule has 1 heterocycles. The van der Waals surface area contributed by atoms with Crippen LogP contribution in [0.3, 0.4) is 0 Å². The van der Waals surface area contributed by atoms with E-state index in [0.29, 0.717) is 6.04 Å². The molecule has 2 atom stereocenters. The van der Waals surface area contributed by atoms with Gasteiger partial charge in [0.2, 0.25) is 0 Å². The molecule has 2 heteroatoms. The lowest BCUT2D eigenvalue weighted by molar-refractivity contribution is 0.0164. The highest BCUT2D eigenvalue weighted by atomic mass is 16.3. The SMILES string of the molecule is O[C@@H]1CCCC[C@H]1N1CCCc2ccccc2C1. The molecule has 0 amide bonds. The van der Waals surface area contributed by atoms with Crippen molar-refractivity contribution < 1.29 is 5.11 Å². The van der Waals surface area contributed by atoms with Crippen LogP contribution in [0.1, 0.15) is 43.2 Å². The monoisotopic (exact) mass is 245 g/mol. The summed E-state index contributed by atoms with van der Waals surface area (Å²) in [7, 11) is 0. The van der Waals surface area contributed by atoms with Crippen LogP contribution in [0.15, 0.2) is 24.3 Å². The molecule has 1 fully saturated rings. The third kappa shape index (κ3) is 2.45. The summed E-state index contributed by atoms with van der Waals surface area (Å²) >= 11 is 0. The van der Waals surface area contributed by atoms with Gasteiger partial charge in [-0.2, -0.15) is 0 Å². The number of benzene rings is 1. The topological polar surface area (TPSA) is 23.5 Å². The van der Waals surface area contributed by atoms with Gasteiger partial charge in [0, 0.05) is 12.6 Å². The van der Waals surface area contributed by atoms with Gasteiger partial charge < -0.3 is 5.11 Å². The van der Waals surface area contributed by atoms with Gasteiger partial charge in [0.1, 0.15) is 0 Å². The average Bonchev–Trinajstić information content (AvgIpc) is 2.61. The van der Waals surface area contributed by atoms with Crippen molar-refractivity contribution in [3.63, 3.8) is 0 Å². The lowest BCUT2D eigenvalue weighted by Crippen LogP contribution is -2.45. The maximum Gasteiger partial charge on any atom is 0.0695 e. The van der Waals surface area contributed by atoms with E-state index in [1.807, 2.05) is 0 Å². The predicted octanol–water partition coefficient (Wildman–Crippen LogP) is 2.74. The van der Waals surface area contributed by atoms with Crippen molar-refractivity contribution in [2.75, 3.05) is 6.54 Å².